The molecule has 2 rings (SSSR count). The molecule has 0 bridgehead atoms. The molecule has 0 aromatic heterocycles. The highest BCUT2D eigenvalue weighted by Crippen LogP contribution is 2.29. The minimum Gasteiger partial charge on any atom is -0.497 e. The van der Waals surface area contributed by atoms with Gasteiger partial charge in [0.25, 0.3) is 0 Å². The van der Waals surface area contributed by atoms with Crippen LogP contribution in [0.25, 0.3) is 0 Å². The minimum absolute atomic E-state index is 0.133. The van der Waals surface area contributed by atoms with Crippen LogP contribution in [0.15, 0.2) is 46.9 Å². The van der Waals surface area contributed by atoms with E-state index in [0.717, 1.165) is 10.2 Å². The summed E-state index contributed by atoms with van der Waals surface area (Å²) >= 11 is 3.39. The van der Waals surface area contributed by atoms with Crippen LogP contribution in [0.5, 0.6) is 17.2 Å². The fourth-order valence-corrected chi connectivity index (χ4v) is 2.27. The molecule has 0 unspecified atom stereocenters. The topological polar surface area (TPSA) is 65.0 Å². The van der Waals surface area contributed by atoms with Gasteiger partial charge in [-0.25, -0.2) is 4.79 Å². The number of benzene rings is 2. The second kappa shape index (κ2) is 7.70. The lowest BCUT2D eigenvalue weighted by atomic mass is 10.2. The second-order valence-electron chi connectivity index (χ2n) is 4.29. The zero-order chi connectivity index (χ0) is 15.9. The zero-order valence-corrected chi connectivity index (χ0v) is 13.5. The first-order chi connectivity index (χ1) is 10.6. The number of ether oxygens (including phenoxy) is 3. The van der Waals surface area contributed by atoms with Gasteiger partial charge in [0.15, 0.2) is 0 Å². The van der Waals surface area contributed by atoms with Crippen LogP contribution in [0.2, 0.25) is 0 Å². The van der Waals surface area contributed by atoms with Crippen molar-refractivity contribution < 1.29 is 24.1 Å². The van der Waals surface area contributed by atoms with E-state index >= 15 is 0 Å². The molecule has 0 fully saturated rings. The fraction of sp³-hybridized carbons (Fsp3) is 0.188. The summed E-state index contributed by atoms with van der Waals surface area (Å²) in [7, 11) is 1.59. The highest BCUT2D eigenvalue weighted by Gasteiger charge is 2.10. The maximum absolute atomic E-state index is 11.1. The molecule has 0 radical (unpaired) electrons. The standard InChI is InChI=1S/C16H15BrO5/c1-20-11-6-7-15(13(17)10-11)22-9-8-21-14-5-3-2-4-12(14)16(18)19/h2-7,10H,8-9H2,1H3,(H,18,19). The van der Waals surface area contributed by atoms with E-state index in [2.05, 4.69) is 15.9 Å². The third-order valence-corrected chi connectivity index (χ3v) is 3.47. The van der Waals surface area contributed by atoms with Crippen LogP contribution in [0.1, 0.15) is 10.4 Å². The number of hydrogen-bond acceptors (Lipinski definition) is 4. The van der Waals surface area contributed by atoms with Crippen molar-refractivity contribution in [2.24, 2.45) is 0 Å². The SMILES string of the molecule is COc1ccc(OCCOc2ccccc2C(=O)O)c(Br)c1. The zero-order valence-electron chi connectivity index (χ0n) is 11.9. The molecule has 0 saturated carbocycles. The van der Waals surface area contributed by atoms with Gasteiger partial charge in [0.05, 0.1) is 11.6 Å². The molecule has 2 aromatic rings. The molecule has 5 nitrogen and oxygen atoms in total. The number of aromatic carboxylic acids is 1. The molecule has 0 atom stereocenters. The molecule has 0 aliphatic carbocycles. The van der Waals surface area contributed by atoms with E-state index < -0.39 is 5.97 Å². The van der Waals surface area contributed by atoms with Crippen LogP contribution in [-0.2, 0) is 0 Å². The average Bonchev–Trinajstić information content (AvgIpc) is 2.52. The smallest absolute Gasteiger partial charge is 0.339 e. The first-order valence-corrected chi connectivity index (χ1v) is 7.32. The maximum Gasteiger partial charge on any atom is 0.339 e. The summed E-state index contributed by atoms with van der Waals surface area (Å²) in [5.74, 6) is 0.698. The predicted octanol–water partition coefficient (Wildman–Crippen LogP) is 3.61. The summed E-state index contributed by atoms with van der Waals surface area (Å²) in [6.45, 7) is 0.529. The van der Waals surface area contributed by atoms with Crippen LogP contribution in [-0.4, -0.2) is 31.4 Å². The van der Waals surface area contributed by atoms with Gasteiger partial charge in [-0.05, 0) is 46.3 Å². The first kappa shape index (κ1) is 16.2. The second-order valence-corrected chi connectivity index (χ2v) is 5.15. The number of rotatable bonds is 7. The van der Waals surface area contributed by atoms with E-state index in [0.29, 0.717) is 18.1 Å². The number of carbonyl (C=O) groups is 1. The number of methoxy groups -OCH3 is 1. The molecule has 1 N–H and O–H groups in total. The van der Waals surface area contributed by atoms with Crippen LogP contribution >= 0.6 is 15.9 Å². The highest BCUT2D eigenvalue weighted by atomic mass is 79.9. The van der Waals surface area contributed by atoms with E-state index in [1.165, 1.54) is 6.07 Å². The Morgan fingerprint density at radius 2 is 1.77 bits per heavy atom. The Bertz CT molecular complexity index is 657. The summed E-state index contributed by atoms with van der Waals surface area (Å²) in [6, 6.07) is 11.9. The highest BCUT2D eigenvalue weighted by molar-refractivity contribution is 9.10. The van der Waals surface area contributed by atoms with Crippen molar-refractivity contribution in [2.75, 3.05) is 20.3 Å². The van der Waals surface area contributed by atoms with E-state index in [4.69, 9.17) is 19.3 Å². The van der Waals surface area contributed by atoms with Crippen molar-refractivity contribution in [1.29, 1.82) is 0 Å². The minimum atomic E-state index is -1.02. The Morgan fingerprint density at radius 1 is 1.09 bits per heavy atom. The molecule has 2 aromatic carbocycles. The van der Waals surface area contributed by atoms with Gasteiger partial charge in [0, 0.05) is 0 Å². The molecule has 0 saturated heterocycles. The predicted molar refractivity (Wildman–Crippen MR) is 85.1 cm³/mol. The van der Waals surface area contributed by atoms with Crippen LogP contribution in [0.3, 0.4) is 0 Å². The third kappa shape index (κ3) is 4.14. The summed E-state index contributed by atoms with van der Waals surface area (Å²) in [5.41, 5.74) is 0.133. The lowest BCUT2D eigenvalue weighted by Gasteiger charge is -2.11. The van der Waals surface area contributed by atoms with Crippen molar-refractivity contribution >= 4 is 21.9 Å². The molecule has 0 spiro atoms. The molecular weight excluding hydrogens is 352 g/mol. The Morgan fingerprint density at radius 3 is 2.41 bits per heavy atom. The first-order valence-electron chi connectivity index (χ1n) is 6.53. The number of carboxylic acids is 1. The summed E-state index contributed by atoms with van der Waals surface area (Å²) in [5, 5.41) is 9.06. The maximum atomic E-state index is 11.1. The van der Waals surface area contributed by atoms with Gasteiger partial charge in [-0.3, -0.25) is 0 Å². The Kier molecular flexibility index (Phi) is 5.66. The van der Waals surface area contributed by atoms with Crippen molar-refractivity contribution in [3.63, 3.8) is 0 Å². The molecule has 0 amide bonds. The Hall–Kier alpha value is -2.21. The van der Waals surface area contributed by atoms with E-state index in [1.807, 2.05) is 0 Å². The van der Waals surface area contributed by atoms with E-state index in [9.17, 15) is 4.79 Å². The van der Waals surface area contributed by atoms with Gasteiger partial charge in [0.2, 0.25) is 0 Å². The van der Waals surface area contributed by atoms with Crippen LogP contribution in [0.4, 0.5) is 0 Å². The summed E-state index contributed by atoms with van der Waals surface area (Å²) < 4.78 is 16.9. The van der Waals surface area contributed by atoms with E-state index in [1.54, 1.807) is 43.5 Å². The number of para-hydroxylation sites is 1. The molecule has 116 valence electrons. The Balaban J connectivity index is 1.89. The quantitative estimate of drug-likeness (QED) is 0.758. The lowest BCUT2D eigenvalue weighted by Crippen LogP contribution is -2.11. The normalized spacial score (nSPS) is 10.1. The van der Waals surface area contributed by atoms with Crippen molar-refractivity contribution in [1.82, 2.24) is 0 Å². The molecule has 0 heterocycles. The lowest BCUT2D eigenvalue weighted by molar-refractivity contribution is 0.0691. The number of hydrogen-bond donors (Lipinski definition) is 1. The molecule has 0 aliphatic rings. The number of halogens is 1. The fourth-order valence-electron chi connectivity index (χ4n) is 1.80. The van der Waals surface area contributed by atoms with Crippen LogP contribution < -0.4 is 14.2 Å². The summed E-state index contributed by atoms with van der Waals surface area (Å²) in [6.07, 6.45) is 0. The van der Waals surface area contributed by atoms with Gasteiger partial charge >= 0.3 is 5.97 Å². The molecule has 0 aliphatic heterocycles. The van der Waals surface area contributed by atoms with Crippen LogP contribution in [0, 0.1) is 0 Å². The van der Waals surface area contributed by atoms with Gasteiger partial charge in [-0.1, -0.05) is 12.1 Å². The molecular formula is C16H15BrO5. The molecule has 22 heavy (non-hydrogen) atoms. The van der Waals surface area contributed by atoms with Gasteiger partial charge in [-0.2, -0.15) is 0 Å². The van der Waals surface area contributed by atoms with Crippen molar-refractivity contribution in [2.45, 2.75) is 0 Å². The van der Waals surface area contributed by atoms with Gasteiger partial charge in [0.1, 0.15) is 36.0 Å². The number of carboxylic acid groups (broad SMARTS) is 1. The monoisotopic (exact) mass is 366 g/mol. The Labute approximate surface area is 136 Å². The largest absolute Gasteiger partial charge is 0.497 e. The summed E-state index contributed by atoms with van der Waals surface area (Å²) in [4.78, 5) is 11.1. The molecule has 6 heteroatoms. The van der Waals surface area contributed by atoms with E-state index in [-0.39, 0.29) is 12.2 Å². The average molecular weight is 367 g/mol. The van der Waals surface area contributed by atoms with Crippen molar-refractivity contribution in [3.05, 3.63) is 52.5 Å². The third-order valence-electron chi connectivity index (χ3n) is 2.85. The van der Waals surface area contributed by atoms with Gasteiger partial charge in [-0.15, -0.1) is 0 Å². The van der Waals surface area contributed by atoms with Crippen molar-refractivity contribution in [3.8, 4) is 17.2 Å². The van der Waals surface area contributed by atoms with Gasteiger partial charge < -0.3 is 19.3 Å².